The number of carbonyl (C=O) groups is 1. The van der Waals surface area contributed by atoms with E-state index in [0.717, 1.165) is 19.2 Å². The molecule has 0 saturated heterocycles. The Bertz CT molecular complexity index is 485. The average molecular weight is 262 g/mol. The van der Waals surface area contributed by atoms with Crippen LogP contribution in [-0.2, 0) is 4.74 Å². The van der Waals surface area contributed by atoms with Crippen molar-refractivity contribution in [2.75, 3.05) is 7.11 Å². The van der Waals surface area contributed by atoms with Gasteiger partial charge in [0.05, 0.1) is 12.7 Å². The van der Waals surface area contributed by atoms with Gasteiger partial charge in [0.2, 0.25) is 0 Å². The van der Waals surface area contributed by atoms with Crippen molar-refractivity contribution in [2.24, 2.45) is 0 Å². The Morgan fingerprint density at radius 2 is 2.18 bits per heavy atom. The number of carbonyl (C=O) groups excluding carboxylic acids is 1. The first-order chi connectivity index (χ1) is 7.99. The van der Waals surface area contributed by atoms with Crippen LogP contribution in [0.1, 0.15) is 15.9 Å². The summed E-state index contributed by atoms with van der Waals surface area (Å²) in [5.41, 5.74) is -0.588. The van der Waals surface area contributed by atoms with Crippen molar-refractivity contribution >= 4 is 17.6 Å². The normalized spacial score (nSPS) is 9.88. The number of methoxy groups -OCH3 is 1. The molecule has 0 heterocycles. The quantitative estimate of drug-likeness (QED) is 0.785. The Hall–Kier alpha value is -1.87. The van der Waals surface area contributed by atoms with Gasteiger partial charge in [-0.15, -0.1) is 0 Å². The number of nitriles is 1. The molecule has 0 aliphatic heterocycles. The number of halogens is 3. The third kappa shape index (κ3) is 3.04. The topological polar surface area (TPSA) is 59.3 Å². The fourth-order valence-electron chi connectivity index (χ4n) is 1.15. The second-order valence-electron chi connectivity index (χ2n) is 2.81. The highest BCUT2D eigenvalue weighted by atomic mass is 35.5. The second kappa shape index (κ2) is 5.46. The Morgan fingerprint density at radius 1 is 1.53 bits per heavy atom. The minimum atomic E-state index is -3.16. The summed E-state index contributed by atoms with van der Waals surface area (Å²) in [6.07, 6.45) is 0. The second-order valence-corrected chi connectivity index (χ2v) is 3.25. The number of nitrogens with zero attached hydrogens (tertiary/aromatic N) is 1. The van der Waals surface area contributed by atoms with E-state index in [-0.39, 0.29) is 16.1 Å². The molecule has 1 aromatic carbocycles. The summed E-state index contributed by atoms with van der Waals surface area (Å²) in [6, 6.07) is 3.82. The van der Waals surface area contributed by atoms with Gasteiger partial charge in [-0.25, -0.2) is 4.79 Å². The van der Waals surface area contributed by atoms with Gasteiger partial charge in [0.15, 0.2) is 5.75 Å². The van der Waals surface area contributed by atoms with Crippen LogP contribution >= 0.6 is 11.6 Å². The lowest BCUT2D eigenvalue weighted by atomic mass is 10.1. The zero-order valence-corrected chi connectivity index (χ0v) is 9.29. The van der Waals surface area contributed by atoms with Gasteiger partial charge in [-0.1, -0.05) is 11.6 Å². The first-order valence-corrected chi connectivity index (χ1v) is 4.64. The number of hydrogen-bond acceptors (Lipinski definition) is 4. The molecule has 0 amide bonds. The Labute approximate surface area is 100 Å². The minimum Gasteiger partial charge on any atom is -0.465 e. The summed E-state index contributed by atoms with van der Waals surface area (Å²) < 4.78 is 32.8. The van der Waals surface area contributed by atoms with Crippen molar-refractivity contribution in [2.45, 2.75) is 6.61 Å². The van der Waals surface area contributed by atoms with Gasteiger partial charge in [-0.2, -0.15) is 14.0 Å². The summed E-state index contributed by atoms with van der Waals surface area (Å²) in [6.45, 7) is -3.16. The minimum absolute atomic E-state index is 0.0450. The van der Waals surface area contributed by atoms with Gasteiger partial charge in [0.1, 0.15) is 11.6 Å². The SMILES string of the molecule is COC(=O)c1cc(Cl)cc(C#N)c1OC(F)F. The van der Waals surface area contributed by atoms with E-state index >= 15 is 0 Å². The van der Waals surface area contributed by atoms with Crippen LogP contribution in [0.15, 0.2) is 12.1 Å². The number of rotatable bonds is 3. The van der Waals surface area contributed by atoms with Crippen molar-refractivity contribution in [1.29, 1.82) is 5.26 Å². The van der Waals surface area contributed by atoms with Gasteiger partial charge in [0, 0.05) is 5.02 Å². The van der Waals surface area contributed by atoms with E-state index in [1.165, 1.54) is 0 Å². The maximum absolute atomic E-state index is 12.2. The van der Waals surface area contributed by atoms with Crippen molar-refractivity contribution in [1.82, 2.24) is 0 Å². The van der Waals surface area contributed by atoms with Crippen LogP contribution in [0, 0.1) is 11.3 Å². The number of benzene rings is 1. The summed E-state index contributed by atoms with van der Waals surface area (Å²) in [7, 11) is 1.07. The lowest BCUT2D eigenvalue weighted by molar-refractivity contribution is -0.0506. The zero-order chi connectivity index (χ0) is 13.0. The van der Waals surface area contributed by atoms with E-state index in [9.17, 15) is 13.6 Å². The van der Waals surface area contributed by atoms with Gasteiger partial charge >= 0.3 is 12.6 Å². The maximum atomic E-state index is 12.2. The molecule has 1 rings (SSSR count). The molecule has 0 fully saturated rings. The van der Waals surface area contributed by atoms with Crippen molar-refractivity contribution in [3.8, 4) is 11.8 Å². The molecule has 0 unspecified atom stereocenters. The molecule has 7 heteroatoms. The van der Waals surface area contributed by atoms with E-state index in [1.54, 1.807) is 6.07 Å². The molecule has 0 aliphatic rings. The maximum Gasteiger partial charge on any atom is 0.387 e. The predicted molar refractivity (Wildman–Crippen MR) is 54.1 cm³/mol. The standard InChI is InChI=1S/C10H6ClF2NO3/c1-16-9(15)7-3-6(11)2-5(4-14)8(7)17-10(12)13/h2-3,10H,1H3. The molecular weight excluding hydrogens is 256 g/mol. The Kier molecular flexibility index (Phi) is 4.24. The monoisotopic (exact) mass is 261 g/mol. The van der Waals surface area contributed by atoms with Gasteiger partial charge in [-0.3, -0.25) is 0 Å². The van der Waals surface area contributed by atoms with Crippen LogP contribution in [0.4, 0.5) is 8.78 Å². The van der Waals surface area contributed by atoms with E-state index in [4.69, 9.17) is 16.9 Å². The van der Waals surface area contributed by atoms with Crippen molar-refractivity contribution < 1.29 is 23.0 Å². The van der Waals surface area contributed by atoms with E-state index < -0.39 is 18.3 Å². The third-order valence-corrected chi connectivity index (χ3v) is 2.00. The van der Waals surface area contributed by atoms with Crippen LogP contribution < -0.4 is 4.74 Å². The average Bonchev–Trinajstić information content (AvgIpc) is 2.29. The lowest BCUT2D eigenvalue weighted by Gasteiger charge is -2.11. The Morgan fingerprint density at radius 3 is 2.65 bits per heavy atom. The van der Waals surface area contributed by atoms with Gasteiger partial charge in [-0.05, 0) is 12.1 Å². The summed E-state index contributed by atoms with van der Waals surface area (Å²) in [5.74, 6) is -1.46. The smallest absolute Gasteiger partial charge is 0.387 e. The molecule has 90 valence electrons. The number of ether oxygens (including phenoxy) is 2. The molecule has 0 N–H and O–H groups in total. The van der Waals surface area contributed by atoms with Crippen molar-refractivity contribution in [3.63, 3.8) is 0 Å². The summed E-state index contributed by atoms with van der Waals surface area (Å²) in [5, 5.41) is 8.79. The highest BCUT2D eigenvalue weighted by molar-refractivity contribution is 6.31. The molecule has 1 aromatic rings. The van der Waals surface area contributed by atoms with E-state index in [1.807, 2.05) is 0 Å². The molecule has 17 heavy (non-hydrogen) atoms. The molecule has 0 aliphatic carbocycles. The lowest BCUT2D eigenvalue weighted by Crippen LogP contribution is -2.10. The fourth-order valence-corrected chi connectivity index (χ4v) is 1.37. The molecule has 0 spiro atoms. The highest BCUT2D eigenvalue weighted by Gasteiger charge is 2.21. The van der Waals surface area contributed by atoms with Crippen LogP contribution in [0.2, 0.25) is 5.02 Å². The largest absolute Gasteiger partial charge is 0.465 e. The fraction of sp³-hybridized carbons (Fsp3) is 0.200. The van der Waals surface area contributed by atoms with E-state index in [0.29, 0.717) is 0 Å². The van der Waals surface area contributed by atoms with Crippen LogP contribution in [0.3, 0.4) is 0 Å². The summed E-state index contributed by atoms with van der Waals surface area (Å²) >= 11 is 5.64. The summed E-state index contributed by atoms with van der Waals surface area (Å²) in [4.78, 5) is 11.3. The van der Waals surface area contributed by atoms with E-state index in [2.05, 4.69) is 9.47 Å². The van der Waals surface area contributed by atoms with Crippen molar-refractivity contribution in [3.05, 3.63) is 28.3 Å². The number of esters is 1. The molecule has 0 saturated carbocycles. The molecule has 0 bridgehead atoms. The molecular formula is C10H6ClF2NO3. The molecule has 4 nitrogen and oxygen atoms in total. The van der Waals surface area contributed by atoms with Crippen LogP contribution in [-0.4, -0.2) is 19.7 Å². The number of hydrogen-bond donors (Lipinski definition) is 0. The predicted octanol–water partition coefficient (Wildman–Crippen LogP) is 2.60. The van der Waals surface area contributed by atoms with Crippen LogP contribution in [0.5, 0.6) is 5.75 Å². The third-order valence-electron chi connectivity index (χ3n) is 1.79. The van der Waals surface area contributed by atoms with Crippen LogP contribution in [0.25, 0.3) is 0 Å². The first-order valence-electron chi connectivity index (χ1n) is 4.26. The molecule has 0 radical (unpaired) electrons. The number of alkyl halides is 2. The Balaban J connectivity index is 3.39. The zero-order valence-electron chi connectivity index (χ0n) is 8.54. The highest BCUT2D eigenvalue weighted by Crippen LogP contribution is 2.29. The van der Waals surface area contributed by atoms with Gasteiger partial charge < -0.3 is 9.47 Å². The first kappa shape index (κ1) is 13.2. The molecule has 0 atom stereocenters. The van der Waals surface area contributed by atoms with Gasteiger partial charge in [0.25, 0.3) is 0 Å². The molecule has 0 aromatic heterocycles.